The molecule has 1 fully saturated rings. The minimum Gasteiger partial charge on any atom is -0.372 e. The lowest BCUT2D eigenvalue weighted by atomic mass is 10.1. The maximum atomic E-state index is 14.3. The number of morpholine rings is 1. The summed E-state index contributed by atoms with van der Waals surface area (Å²) in [6, 6.07) is 15.7. The molecular formula is C31H32FN5O5S. The zero-order chi connectivity index (χ0) is 30.3. The Labute approximate surface area is 249 Å². The summed E-state index contributed by atoms with van der Waals surface area (Å²) in [5.41, 5.74) is 0.932. The van der Waals surface area contributed by atoms with Gasteiger partial charge in [-0.2, -0.15) is 0 Å². The Morgan fingerprint density at radius 3 is 2.58 bits per heavy atom. The van der Waals surface area contributed by atoms with Crippen molar-refractivity contribution in [3.05, 3.63) is 77.6 Å². The highest BCUT2D eigenvalue weighted by Crippen LogP contribution is 2.33. The highest BCUT2D eigenvalue weighted by atomic mass is 32.2. The van der Waals surface area contributed by atoms with E-state index in [1.807, 2.05) is 30.3 Å². The summed E-state index contributed by atoms with van der Waals surface area (Å²) in [5, 5.41) is 3.60. The van der Waals surface area contributed by atoms with E-state index in [2.05, 4.69) is 29.0 Å². The van der Waals surface area contributed by atoms with Crippen molar-refractivity contribution in [3.8, 4) is 11.4 Å². The molecule has 1 aromatic carbocycles. The lowest BCUT2D eigenvalue weighted by Gasteiger charge is -2.36. The maximum Gasteiger partial charge on any atom is 0.251 e. The van der Waals surface area contributed by atoms with Crippen LogP contribution in [-0.4, -0.2) is 66.7 Å². The molecule has 10 nitrogen and oxygen atoms in total. The highest BCUT2D eigenvalue weighted by molar-refractivity contribution is 7.92. The first-order valence-corrected chi connectivity index (χ1v) is 15.7. The van der Waals surface area contributed by atoms with Crippen molar-refractivity contribution in [2.45, 2.75) is 56.0 Å². The van der Waals surface area contributed by atoms with E-state index in [9.17, 15) is 17.6 Å². The van der Waals surface area contributed by atoms with Gasteiger partial charge in [0.25, 0.3) is 5.91 Å². The van der Waals surface area contributed by atoms with Crippen LogP contribution in [-0.2, 0) is 25.9 Å². The van der Waals surface area contributed by atoms with Crippen LogP contribution in [0.3, 0.4) is 0 Å². The van der Waals surface area contributed by atoms with Gasteiger partial charge in [0.05, 0.1) is 59.0 Å². The number of carbonyl (C=O) groups excluding carboxylic acids is 1. The van der Waals surface area contributed by atoms with E-state index < -0.39 is 34.0 Å². The van der Waals surface area contributed by atoms with Gasteiger partial charge in [-0.1, -0.05) is 12.1 Å². The Morgan fingerprint density at radius 2 is 1.79 bits per heavy atom. The number of pyridine rings is 3. The monoisotopic (exact) mass is 605 g/mol. The van der Waals surface area contributed by atoms with E-state index in [4.69, 9.17) is 19.4 Å². The number of nitrogens with zero attached hydrogens (tertiary/aromatic N) is 4. The van der Waals surface area contributed by atoms with Crippen LogP contribution in [0.1, 0.15) is 48.5 Å². The zero-order valence-corrected chi connectivity index (χ0v) is 24.8. The SMILES string of the molecule is C[C@@H]1CN(c2cccc(-c3ccc4cnc(CNC(=O)c5ccc6c(c5)S(=O)(=O)[C@H](F)CO[C@H]6C)cc4n3)n2)C[C@H](C)O1. The number of carbonyl (C=O) groups is 1. The molecule has 0 unspecified atom stereocenters. The number of amides is 1. The third-order valence-electron chi connectivity index (χ3n) is 7.63. The van der Waals surface area contributed by atoms with Gasteiger partial charge in [-0.3, -0.25) is 9.78 Å². The van der Waals surface area contributed by atoms with Gasteiger partial charge in [0.15, 0.2) is 0 Å². The quantitative estimate of drug-likeness (QED) is 0.353. The molecular weight excluding hydrogens is 573 g/mol. The van der Waals surface area contributed by atoms with Crippen molar-refractivity contribution >= 4 is 32.5 Å². The normalized spacial score (nSPS) is 23.4. The first kappa shape index (κ1) is 29.1. The van der Waals surface area contributed by atoms with Crippen molar-refractivity contribution in [1.29, 1.82) is 0 Å². The summed E-state index contributed by atoms with van der Waals surface area (Å²) >= 11 is 0. The van der Waals surface area contributed by atoms with E-state index in [-0.39, 0.29) is 29.2 Å². The lowest BCUT2D eigenvalue weighted by molar-refractivity contribution is -0.00545. The van der Waals surface area contributed by atoms with Gasteiger partial charge in [-0.25, -0.2) is 22.8 Å². The van der Waals surface area contributed by atoms with Crippen LogP contribution >= 0.6 is 0 Å². The van der Waals surface area contributed by atoms with Crippen molar-refractivity contribution in [3.63, 3.8) is 0 Å². The molecule has 0 radical (unpaired) electrons. The number of hydrogen-bond acceptors (Lipinski definition) is 9. The summed E-state index contributed by atoms with van der Waals surface area (Å²) in [6.07, 6.45) is 1.30. The fourth-order valence-corrected chi connectivity index (χ4v) is 6.86. The van der Waals surface area contributed by atoms with Crippen LogP contribution in [0.15, 0.2) is 65.7 Å². The van der Waals surface area contributed by atoms with Gasteiger partial charge in [0.2, 0.25) is 15.3 Å². The number of ether oxygens (including phenoxy) is 2. The van der Waals surface area contributed by atoms with Crippen LogP contribution in [0.2, 0.25) is 0 Å². The first-order valence-electron chi connectivity index (χ1n) is 14.1. The summed E-state index contributed by atoms with van der Waals surface area (Å²) in [4.78, 5) is 29.1. The molecule has 4 atom stereocenters. The number of fused-ring (bicyclic) bond motifs is 2. The molecule has 224 valence electrons. The Morgan fingerprint density at radius 1 is 1.02 bits per heavy atom. The van der Waals surface area contributed by atoms with E-state index in [1.165, 1.54) is 18.2 Å². The summed E-state index contributed by atoms with van der Waals surface area (Å²) < 4.78 is 50.9. The Bertz CT molecular complexity index is 1790. The van der Waals surface area contributed by atoms with Crippen molar-refractivity contribution < 1.29 is 27.1 Å². The second-order valence-corrected chi connectivity index (χ2v) is 13.0. The second kappa shape index (κ2) is 11.6. The number of halogens is 1. The Kier molecular flexibility index (Phi) is 7.84. The highest BCUT2D eigenvalue weighted by Gasteiger charge is 2.35. The predicted molar refractivity (Wildman–Crippen MR) is 159 cm³/mol. The molecule has 3 aromatic heterocycles. The number of rotatable bonds is 5. The molecule has 43 heavy (non-hydrogen) atoms. The zero-order valence-electron chi connectivity index (χ0n) is 24.0. The summed E-state index contributed by atoms with van der Waals surface area (Å²) in [7, 11) is -4.28. The number of hydrogen-bond donors (Lipinski definition) is 1. The standard InChI is InChI=1S/C31H32FN5O5S/c1-18-15-37(16-19(2)42-18)30-6-4-5-25(36-30)26-10-8-22-13-33-23(12-27(22)35-26)14-34-31(38)21-7-9-24-20(3)41-17-29(32)43(39,40)28(24)11-21/h4-13,18-20,29H,14-17H2,1-3H3,(H,34,38)/t18-,19+,20-,29-/m0/s1. The molecule has 1 N–H and O–H groups in total. The molecule has 1 saturated heterocycles. The minimum absolute atomic E-state index is 0.0803. The van der Waals surface area contributed by atoms with Crippen LogP contribution in [0, 0.1) is 0 Å². The van der Waals surface area contributed by atoms with E-state index in [1.54, 1.807) is 19.2 Å². The molecule has 6 rings (SSSR count). The van der Waals surface area contributed by atoms with Gasteiger partial charge in [-0.15, -0.1) is 0 Å². The molecule has 12 heteroatoms. The van der Waals surface area contributed by atoms with Gasteiger partial charge in [0, 0.05) is 30.2 Å². The third kappa shape index (κ3) is 5.95. The molecule has 0 aliphatic carbocycles. The van der Waals surface area contributed by atoms with Crippen molar-refractivity contribution in [1.82, 2.24) is 20.3 Å². The van der Waals surface area contributed by atoms with Crippen LogP contribution in [0.4, 0.5) is 10.2 Å². The maximum absolute atomic E-state index is 14.3. The third-order valence-corrected chi connectivity index (χ3v) is 9.41. The number of nitrogens with one attached hydrogen (secondary N) is 1. The van der Waals surface area contributed by atoms with Crippen LogP contribution < -0.4 is 10.2 Å². The number of anilines is 1. The average Bonchev–Trinajstić information content (AvgIpc) is 3.08. The average molecular weight is 606 g/mol. The second-order valence-electron chi connectivity index (χ2n) is 11.0. The van der Waals surface area contributed by atoms with Crippen LogP contribution in [0.25, 0.3) is 22.3 Å². The summed E-state index contributed by atoms with van der Waals surface area (Å²) in [6.45, 7) is 6.80. The largest absolute Gasteiger partial charge is 0.372 e. The minimum atomic E-state index is -4.28. The Balaban J connectivity index is 1.20. The molecule has 5 heterocycles. The molecule has 2 aliphatic heterocycles. The van der Waals surface area contributed by atoms with Gasteiger partial charge >= 0.3 is 0 Å². The molecule has 2 aliphatic rings. The topological polar surface area (TPSA) is 124 Å². The molecule has 1 amide bonds. The number of alkyl halides is 1. The van der Waals surface area contributed by atoms with E-state index in [0.29, 0.717) is 22.5 Å². The van der Waals surface area contributed by atoms with Crippen LogP contribution in [0.5, 0.6) is 0 Å². The fraction of sp³-hybridized carbons (Fsp3) is 0.355. The number of aromatic nitrogens is 3. The molecule has 0 bridgehead atoms. The fourth-order valence-electron chi connectivity index (χ4n) is 5.47. The molecule has 0 saturated carbocycles. The van der Waals surface area contributed by atoms with E-state index >= 15 is 0 Å². The predicted octanol–water partition coefficient (Wildman–Crippen LogP) is 4.40. The van der Waals surface area contributed by atoms with Crippen molar-refractivity contribution in [2.75, 3.05) is 24.6 Å². The lowest BCUT2D eigenvalue weighted by Crippen LogP contribution is -2.45. The number of benzene rings is 1. The first-order chi connectivity index (χ1) is 20.6. The molecule has 0 spiro atoms. The van der Waals surface area contributed by atoms with Gasteiger partial charge in [0.1, 0.15) is 5.82 Å². The molecule has 4 aromatic rings. The smallest absolute Gasteiger partial charge is 0.251 e. The number of sulfone groups is 1. The Hall–Kier alpha value is -4.00. The van der Waals surface area contributed by atoms with Crippen molar-refractivity contribution in [2.24, 2.45) is 0 Å². The van der Waals surface area contributed by atoms with E-state index in [0.717, 1.165) is 30.0 Å². The summed E-state index contributed by atoms with van der Waals surface area (Å²) in [5.74, 6) is 0.358. The van der Waals surface area contributed by atoms with Gasteiger partial charge < -0.3 is 19.7 Å². The van der Waals surface area contributed by atoms with Gasteiger partial charge in [-0.05, 0) is 68.8 Å².